The van der Waals surface area contributed by atoms with E-state index in [2.05, 4.69) is 0 Å². The summed E-state index contributed by atoms with van der Waals surface area (Å²) in [7, 11) is -4.46. The lowest BCUT2D eigenvalue weighted by Crippen LogP contribution is -2.30. The van der Waals surface area contributed by atoms with E-state index in [0.29, 0.717) is 0 Å². The third-order valence-corrected chi connectivity index (χ3v) is 3.77. The largest absolute Gasteiger partial charge is 0.465 e. The Morgan fingerprint density at radius 1 is 1.09 bits per heavy atom. The van der Waals surface area contributed by atoms with E-state index in [-0.39, 0.29) is 30.1 Å². The predicted octanol–water partition coefficient (Wildman–Crippen LogP) is 1.22. The lowest BCUT2D eigenvalue weighted by molar-refractivity contribution is -0.161. The van der Waals surface area contributed by atoms with Crippen LogP contribution in [0.1, 0.15) is 19.4 Å². The molecule has 1 aromatic rings. The van der Waals surface area contributed by atoms with Gasteiger partial charge in [0.2, 0.25) is 0 Å². The average Bonchev–Trinajstić information content (AvgIpc) is 2.44. The van der Waals surface area contributed by atoms with Crippen molar-refractivity contribution in [2.75, 3.05) is 13.2 Å². The standard InChI is InChI=1S/C14H18O7S/c1-3-20-13(15)11(14(16)21-4-2)9-10-7-5-6-8-12(10)22(17,18)19/h5-8,11H,3-4,9H2,1-2H3,(H,17,18,19). The van der Waals surface area contributed by atoms with Crippen molar-refractivity contribution in [2.45, 2.75) is 25.2 Å². The van der Waals surface area contributed by atoms with Crippen LogP contribution in [0.3, 0.4) is 0 Å². The molecule has 1 aromatic carbocycles. The SMILES string of the molecule is CCOC(=O)C(Cc1ccccc1S(=O)(=O)O)C(=O)OCC. The molecule has 0 aliphatic heterocycles. The van der Waals surface area contributed by atoms with Gasteiger partial charge in [-0.2, -0.15) is 8.42 Å². The first-order valence-electron chi connectivity index (χ1n) is 6.69. The minimum absolute atomic E-state index is 0.0781. The average molecular weight is 330 g/mol. The minimum atomic E-state index is -4.46. The molecule has 0 spiro atoms. The Bertz CT molecular complexity index is 618. The summed E-state index contributed by atoms with van der Waals surface area (Å²) in [6.45, 7) is 3.34. The molecule has 0 unspecified atom stereocenters. The molecule has 1 rings (SSSR count). The van der Waals surface area contributed by atoms with Gasteiger partial charge in [-0.25, -0.2) is 0 Å². The summed E-state index contributed by atoms with van der Waals surface area (Å²) >= 11 is 0. The molecule has 1 N–H and O–H groups in total. The van der Waals surface area contributed by atoms with Crippen molar-refractivity contribution in [3.05, 3.63) is 29.8 Å². The first-order chi connectivity index (χ1) is 10.3. The van der Waals surface area contributed by atoms with Crippen LogP contribution >= 0.6 is 0 Å². The van der Waals surface area contributed by atoms with E-state index >= 15 is 0 Å². The number of carbonyl (C=O) groups excluding carboxylic acids is 2. The summed E-state index contributed by atoms with van der Waals surface area (Å²) in [6.07, 6.45) is -0.242. The fourth-order valence-corrected chi connectivity index (χ4v) is 2.63. The number of benzene rings is 1. The van der Waals surface area contributed by atoms with Crippen molar-refractivity contribution in [1.82, 2.24) is 0 Å². The molecule has 7 nitrogen and oxygen atoms in total. The first kappa shape index (κ1) is 18.1. The van der Waals surface area contributed by atoms with Crippen LogP contribution in [-0.4, -0.2) is 38.1 Å². The Morgan fingerprint density at radius 2 is 1.59 bits per heavy atom. The van der Waals surface area contributed by atoms with Crippen LogP contribution in [0.5, 0.6) is 0 Å². The molecular weight excluding hydrogens is 312 g/mol. The van der Waals surface area contributed by atoms with Crippen molar-refractivity contribution in [3.63, 3.8) is 0 Å². The van der Waals surface area contributed by atoms with E-state index in [9.17, 15) is 22.6 Å². The predicted molar refractivity (Wildman–Crippen MR) is 76.7 cm³/mol. The number of hydrogen-bond acceptors (Lipinski definition) is 6. The van der Waals surface area contributed by atoms with Crippen LogP contribution in [0.2, 0.25) is 0 Å². The summed E-state index contributed by atoms with van der Waals surface area (Å²) in [5.41, 5.74) is 0.135. The molecule has 122 valence electrons. The molecule has 0 aliphatic rings. The zero-order chi connectivity index (χ0) is 16.8. The second-order valence-corrected chi connectivity index (χ2v) is 5.73. The Labute approximate surface area is 129 Å². The van der Waals surface area contributed by atoms with Crippen LogP contribution in [0.15, 0.2) is 29.2 Å². The van der Waals surface area contributed by atoms with E-state index in [4.69, 9.17) is 9.47 Å². The van der Waals surface area contributed by atoms with Gasteiger partial charge in [-0.15, -0.1) is 0 Å². The fourth-order valence-electron chi connectivity index (χ4n) is 1.89. The second kappa shape index (κ2) is 7.90. The van der Waals surface area contributed by atoms with Crippen LogP contribution in [-0.2, 0) is 35.6 Å². The van der Waals surface area contributed by atoms with Gasteiger partial charge in [0.15, 0.2) is 5.92 Å². The van der Waals surface area contributed by atoms with Crippen molar-refractivity contribution in [1.29, 1.82) is 0 Å². The van der Waals surface area contributed by atoms with Crippen LogP contribution in [0.4, 0.5) is 0 Å². The van der Waals surface area contributed by atoms with Gasteiger partial charge in [0.25, 0.3) is 10.1 Å². The molecule has 0 bridgehead atoms. The Balaban J connectivity index is 3.15. The van der Waals surface area contributed by atoms with Crippen LogP contribution < -0.4 is 0 Å². The summed E-state index contributed by atoms with van der Waals surface area (Å²) in [5.74, 6) is -2.89. The van der Waals surface area contributed by atoms with E-state index in [1.807, 2.05) is 0 Å². The molecule has 22 heavy (non-hydrogen) atoms. The highest BCUT2D eigenvalue weighted by atomic mass is 32.2. The number of ether oxygens (including phenoxy) is 2. The second-order valence-electron chi connectivity index (χ2n) is 4.34. The summed E-state index contributed by atoms with van der Waals surface area (Å²) in [4.78, 5) is 23.4. The summed E-state index contributed by atoms with van der Waals surface area (Å²) in [6, 6.07) is 5.57. The maximum atomic E-state index is 11.9. The smallest absolute Gasteiger partial charge is 0.320 e. The zero-order valence-electron chi connectivity index (χ0n) is 12.3. The van der Waals surface area contributed by atoms with Crippen molar-refractivity contribution in [2.24, 2.45) is 5.92 Å². The maximum absolute atomic E-state index is 11.9. The molecule has 0 aromatic heterocycles. The normalized spacial score (nSPS) is 11.3. The van der Waals surface area contributed by atoms with Gasteiger partial charge in [-0.3, -0.25) is 14.1 Å². The number of esters is 2. The van der Waals surface area contributed by atoms with E-state index in [1.54, 1.807) is 13.8 Å². The highest BCUT2D eigenvalue weighted by Gasteiger charge is 2.31. The van der Waals surface area contributed by atoms with E-state index in [1.165, 1.54) is 24.3 Å². The Hall–Kier alpha value is -1.93. The summed E-state index contributed by atoms with van der Waals surface area (Å²) in [5, 5.41) is 0. The molecular formula is C14H18O7S. The van der Waals surface area contributed by atoms with E-state index < -0.39 is 28.0 Å². The molecule has 8 heteroatoms. The van der Waals surface area contributed by atoms with E-state index in [0.717, 1.165) is 0 Å². The fraction of sp³-hybridized carbons (Fsp3) is 0.429. The van der Waals surface area contributed by atoms with Gasteiger partial charge in [0, 0.05) is 0 Å². The molecule has 0 saturated carbocycles. The highest BCUT2D eigenvalue weighted by molar-refractivity contribution is 7.85. The molecule has 0 radical (unpaired) electrons. The Morgan fingerprint density at radius 3 is 2.05 bits per heavy atom. The molecule has 0 saturated heterocycles. The van der Waals surface area contributed by atoms with Gasteiger partial charge < -0.3 is 9.47 Å². The van der Waals surface area contributed by atoms with Crippen molar-refractivity contribution in [3.8, 4) is 0 Å². The van der Waals surface area contributed by atoms with Gasteiger partial charge in [0.05, 0.1) is 18.1 Å². The molecule has 0 heterocycles. The molecule has 0 amide bonds. The monoisotopic (exact) mass is 330 g/mol. The minimum Gasteiger partial charge on any atom is -0.465 e. The highest BCUT2D eigenvalue weighted by Crippen LogP contribution is 2.20. The van der Waals surface area contributed by atoms with Crippen molar-refractivity contribution >= 4 is 22.1 Å². The quantitative estimate of drug-likeness (QED) is 0.455. The third-order valence-electron chi connectivity index (χ3n) is 2.82. The first-order valence-corrected chi connectivity index (χ1v) is 8.13. The van der Waals surface area contributed by atoms with Gasteiger partial charge in [-0.1, -0.05) is 18.2 Å². The Kier molecular flexibility index (Phi) is 6.51. The lowest BCUT2D eigenvalue weighted by atomic mass is 9.99. The third kappa shape index (κ3) is 4.81. The number of rotatable bonds is 7. The van der Waals surface area contributed by atoms with Crippen LogP contribution in [0.25, 0.3) is 0 Å². The van der Waals surface area contributed by atoms with Crippen molar-refractivity contribution < 1.29 is 32.0 Å². The molecule has 0 fully saturated rings. The summed E-state index contributed by atoms with van der Waals surface area (Å²) < 4.78 is 41.5. The molecule has 0 aliphatic carbocycles. The number of carbonyl (C=O) groups is 2. The van der Waals surface area contributed by atoms with Gasteiger partial charge >= 0.3 is 11.9 Å². The molecule has 0 atom stereocenters. The maximum Gasteiger partial charge on any atom is 0.320 e. The van der Waals surface area contributed by atoms with Gasteiger partial charge in [-0.05, 0) is 31.9 Å². The zero-order valence-corrected chi connectivity index (χ0v) is 13.1. The lowest BCUT2D eigenvalue weighted by Gasteiger charge is -2.15. The van der Waals surface area contributed by atoms with Crippen LogP contribution in [0, 0.1) is 5.92 Å². The van der Waals surface area contributed by atoms with Gasteiger partial charge in [0.1, 0.15) is 0 Å². The topological polar surface area (TPSA) is 107 Å². The number of hydrogen-bond donors (Lipinski definition) is 1.